The van der Waals surface area contributed by atoms with Gasteiger partial charge in [0.25, 0.3) is 0 Å². The molecule has 2 aromatic rings. The van der Waals surface area contributed by atoms with Gasteiger partial charge in [0.05, 0.1) is 17.1 Å². The van der Waals surface area contributed by atoms with E-state index in [9.17, 15) is 5.26 Å². The van der Waals surface area contributed by atoms with Crippen molar-refractivity contribution in [3.8, 4) is 6.07 Å². The molecule has 1 fully saturated rings. The number of rotatable bonds is 2. The van der Waals surface area contributed by atoms with Crippen molar-refractivity contribution < 1.29 is 0 Å². The summed E-state index contributed by atoms with van der Waals surface area (Å²) in [5, 5.41) is 13.8. The molecule has 4 nitrogen and oxygen atoms in total. The van der Waals surface area contributed by atoms with Gasteiger partial charge < -0.3 is 10.2 Å². The second-order valence-corrected chi connectivity index (χ2v) is 5.60. The number of nitrogens with one attached hydrogen (secondary N) is 1. The number of nitrogens with zero attached hydrogens (tertiary/aromatic N) is 3. The Morgan fingerprint density at radius 3 is 3.00 bits per heavy atom. The molecule has 0 amide bonds. The minimum atomic E-state index is 0.486. The summed E-state index contributed by atoms with van der Waals surface area (Å²) >= 11 is 0. The molecular weight excluding hydrogens is 260 g/mol. The van der Waals surface area contributed by atoms with Gasteiger partial charge in [-0.2, -0.15) is 5.26 Å². The van der Waals surface area contributed by atoms with Crippen LogP contribution < -0.4 is 10.2 Å². The average Bonchev–Trinajstić information content (AvgIpc) is 2.82. The second-order valence-electron chi connectivity index (χ2n) is 5.60. The van der Waals surface area contributed by atoms with Crippen molar-refractivity contribution >= 4 is 16.7 Å². The largest absolute Gasteiger partial charge is 0.357 e. The lowest BCUT2D eigenvalue weighted by molar-refractivity contribution is 0.563. The highest BCUT2D eigenvalue weighted by Gasteiger charge is 2.19. The van der Waals surface area contributed by atoms with Crippen LogP contribution in [0, 0.1) is 11.3 Å². The zero-order valence-electron chi connectivity index (χ0n) is 12.3. The Bertz CT molecular complexity index is 666. The highest BCUT2D eigenvalue weighted by molar-refractivity contribution is 5.86. The topological polar surface area (TPSA) is 52.0 Å². The van der Waals surface area contributed by atoms with E-state index in [1.807, 2.05) is 30.3 Å². The minimum Gasteiger partial charge on any atom is -0.357 e. The molecule has 1 aromatic carbocycles. The van der Waals surface area contributed by atoms with E-state index in [1.54, 1.807) is 0 Å². The molecule has 2 heterocycles. The van der Waals surface area contributed by atoms with Gasteiger partial charge in [0.2, 0.25) is 0 Å². The van der Waals surface area contributed by atoms with Crippen molar-refractivity contribution in [2.24, 2.45) is 0 Å². The van der Waals surface area contributed by atoms with Gasteiger partial charge in [-0.15, -0.1) is 0 Å². The lowest BCUT2D eigenvalue weighted by Crippen LogP contribution is -2.33. The van der Waals surface area contributed by atoms with E-state index in [0.717, 1.165) is 36.2 Å². The van der Waals surface area contributed by atoms with E-state index >= 15 is 0 Å². The summed E-state index contributed by atoms with van der Waals surface area (Å²) in [6.07, 6.45) is 3.47. The van der Waals surface area contributed by atoms with E-state index in [-0.39, 0.29) is 0 Å². The number of para-hydroxylation sites is 1. The monoisotopic (exact) mass is 280 g/mol. The van der Waals surface area contributed by atoms with Crippen LogP contribution in [-0.4, -0.2) is 31.2 Å². The van der Waals surface area contributed by atoms with Crippen molar-refractivity contribution in [3.05, 3.63) is 35.9 Å². The number of hydrogen-bond acceptors (Lipinski definition) is 4. The van der Waals surface area contributed by atoms with E-state index in [2.05, 4.69) is 23.3 Å². The van der Waals surface area contributed by atoms with Gasteiger partial charge in [0.15, 0.2) is 0 Å². The van der Waals surface area contributed by atoms with Crippen molar-refractivity contribution in [2.45, 2.75) is 25.3 Å². The molecule has 0 bridgehead atoms. The smallest absolute Gasteiger partial charge is 0.130 e. The lowest BCUT2D eigenvalue weighted by atomic mass is 10.1. The first-order valence-corrected chi connectivity index (χ1v) is 7.53. The van der Waals surface area contributed by atoms with Crippen LogP contribution in [0.4, 0.5) is 5.82 Å². The first-order valence-electron chi connectivity index (χ1n) is 7.53. The molecule has 0 spiro atoms. The molecule has 1 saturated heterocycles. The Hall–Kier alpha value is -2.12. The van der Waals surface area contributed by atoms with Crippen LogP contribution in [0.1, 0.15) is 24.8 Å². The predicted octanol–water partition coefficient (Wildman–Crippen LogP) is 2.68. The summed E-state index contributed by atoms with van der Waals surface area (Å²) in [6, 6.07) is 12.6. The molecule has 0 radical (unpaired) electrons. The molecule has 1 aliphatic rings. The first-order chi connectivity index (χ1) is 10.3. The van der Waals surface area contributed by atoms with Crippen molar-refractivity contribution in [2.75, 3.05) is 25.0 Å². The summed E-state index contributed by atoms with van der Waals surface area (Å²) in [6.45, 7) is 2.15. The first kappa shape index (κ1) is 13.8. The van der Waals surface area contributed by atoms with Gasteiger partial charge in [0, 0.05) is 18.5 Å². The molecule has 108 valence electrons. The highest BCUT2D eigenvalue weighted by Crippen LogP contribution is 2.25. The van der Waals surface area contributed by atoms with Gasteiger partial charge in [0.1, 0.15) is 5.82 Å². The quantitative estimate of drug-likeness (QED) is 0.919. The normalized spacial score (nSPS) is 19.0. The molecule has 1 unspecified atom stereocenters. The molecule has 1 aromatic heterocycles. The molecule has 1 aliphatic heterocycles. The van der Waals surface area contributed by atoms with Crippen LogP contribution in [0.15, 0.2) is 30.3 Å². The van der Waals surface area contributed by atoms with Crippen molar-refractivity contribution in [3.63, 3.8) is 0 Å². The third kappa shape index (κ3) is 2.84. The number of fused-ring (bicyclic) bond motifs is 1. The maximum Gasteiger partial charge on any atom is 0.130 e. The van der Waals surface area contributed by atoms with E-state index < -0.39 is 0 Å². The SMILES string of the molecule is CN(c1cc(C#N)c2ccccc2n1)C1CCCNCC1. The third-order valence-electron chi connectivity index (χ3n) is 4.28. The molecule has 21 heavy (non-hydrogen) atoms. The maximum atomic E-state index is 9.39. The number of hydrogen-bond donors (Lipinski definition) is 1. The average molecular weight is 280 g/mol. The zero-order valence-corrected chi connectivity index (χ0v) is 12.3. The van der Waals surface area contributed by atoms with E-state index in [1.165, 1.54) is 12.8 Å². The molecule has 4 heteroatoms. The summed E-state index contributed by atoms with van der Waals surface area (Å²) in [4.78, 5) is 6.98. The zero-order chi connectivity index (χ0) is 14.7. The van der Waals surface area contributed by atoms with Crippen molar-refractivity contribution in [1.29, 1.82) is 5.26 Å². The van der Waals surface area contributed by atoms with Crippen LogP contribution in [0.25, 0.3) is 10.9 Å². The standard InChI is InChI=1S/C17H20N4/c1-21(14-5-4-9-19-10-8-14)17-11-13(12-18)15-6-2-3-7-16(15)20-17/h2-3,6-7,11,14,19H,4-5,8-10H2,1H3. The minimum absolute atomic E-state index is 0.486. The number of benzene rings is 1. The Labute approximate surface area is 125 Å². The molecule has 1 atom stereocenters. The van der Waals surface area contributed by atoms with Crippen molar-refractivity contribution in [1.82, 2.24) is 10.3 Å². The van der Waals surface area contributed by atoms with Crippen LogP contribution in [-0.2, 0) is 0 Å². The van der Waals surface area contributed by atoms with Crippen LogP contribution in [0.2, 0.25) is 0 Å². The summed E-state index contributed by atoms with van der Waals surface area (Å²) in [5.74, 6) is 0.900. The number of anilines is 1. The number of aromatic nitrogens is 1. The second kappa shape index (κ2) is 6.11. The number of pyridine rings is 1. The van der Waals surface area contributed by atoms with Crippen LogP contribution >= 0.6 is 0 Å². The third-order valence-corrected chi connectivity index (χ3v) is 4.28. The molecular formula is C17H20N4. The van der Waals surface area contributed by atoms with Crippen LogP contribution in [0.5, 0.6) is 0 Å². The molecule has 1 N–H and O–H groups in total. The summed E-state index contributed by atoms with van der Waals surface area (Å²) in [7, 11) is 2.09. The summed E-state index contributed by atoms with van der Waals surface area (Å²) in [5.41, 5.74) is 1.60. The Balaban J connectivity index is 1.97. The Morgan fingerprint density at radius 2 is 2.14 bits per heavy atom. The predicted molar refractivity (Wildman–Crippen MR) is 85.4 cm³/mol. The van der Waals surface area contributed by atoms with Gasteiger partial charge in [-0.25, -0.2) is 4.98 Å². The number of nitriles is 1. The van der Waals surface area contributed by atoms with Gasteiger partial charge in [-0.05, 0) is 44.5 Å². The van der Waals surface area contributed by atoms with Gasteiger partial charge >= 0.3 is 0 Å². The Kier molecular flexibility index (Phi) is 4.03. The van der Waals surface area contributed by atoms with Gasteiger partial charge in [-0.1, -0.05) is 18.2 Å². The lowest BCUT2D eigenvalue weighted by Gasteiger charge is -2.28. The summed E-state index contributed by atoms with van der Waals surface area (Å²) < 4.78 is 0. The molecule has 3 rings (SSSR count). The fraction of sp³-hybridized carbons (Fsp3) is 0.412. The molecule has 0 saturated carbocycles. The van der Waals surface area contributed by atoms with E-state index in [0.29, 0.717) is 11.6 Å². The maximum absolute atomic E-state index is 9.39. The fourth-order valence-corrected chi connectivity index (χ4v) is 3.01. The Morgan fingerprint density at radius 1 is 1.29 bits per heavy atom. The van der Waals surface area contributed by atoms with Gasteiger partial charge in [-0.3, -0.25) is 0 Å². The highest BCUT2D eigenvalue weighted by atomic mass is 15.2. The van der Waals surface area contributed by atoms with E-state index in [4.69, 9.17) is 4.98 Å². The molecule has 0 aliphatic carbocycles. The fourth-order valence-electron chi connectivity index (χ4n) is 3.01. The van der Waals surface area contributed by atoms with Crippen LogP contribution in [0.3, 0.4) is 0 Å².